The standard InChI is InChI=1S/C12H13NO/c1-10-8-9-12(14-10)13(2)11-6-4-3-5-7-11/h3-9H,1-2H3. The van der Waals surface area contributed by atoms with Gasteiger partial charge in [0, 0.05) is 18.8 Å². The molecule has 2 heteroatoms. The van der Waals surface area contributed by atoms with E-state index in [2.05, 4.69) is 12.1 Å². The topological polar surface area (TPSA) is 16.4 Å². The third-order valence-corrected chi connectivity index (χ3v) is 2.20. The Hall–Kier alpha value is -1.70. The van der Waals surface area contributed by atoms with E-state index in [-0.39, 0.29) is 0 Å². The van der Waals surface area contributed by atoms with Crippen LogP contribution in [0.15, 0.2) is 46.9 Å². The first kappa shape index (κ1) is 8.88. The van der Waals surface area contributed by atoms with Crippen LogP contribution in [0.1, 0.15) is 5.76 Å². The highest BCUT2D eigenvalue weighted by Gasteiger charge is 2.05. The Morgan fingerprint density at radius 3 is 2.29 bits per heavy atom. The van der Waals surface area contributed by atoms with E-state index in [0.29, 0.717) is 0 Å². The summed E-state index contributed by atoms with van der Waals surface area (Å²) in [4.78, 5) is 2.02. The van der Waals surface area contributed by atoms with E-state index < -0.39 is 0 Å². The molecule has 72 valence electrons. The van der Waals surface area contributed by atoms with Gasteiger partial charge in [-0.25, -0.2) is 0 Å². The number of anilines is 2. The molecule has 2 nitrogen and oxygen atoms in total. The second kappa shape index (κ2) is 3.58. The predicted molar refractivity (Wildman–Crippen MR) is 58.0 cm³/mol. The second-order valence-electron chi connectivity index (χ2n) is 3.28. The van der Waals surface area contributed by atoms with Crippen LogP contribution in [0.4, 0.5) is 11.6 Å². The Labute approximate surface area is 83.8 Å². The SMILES string of the molecule is Cc1ccc(N(C)c2ccccc2)o1. The van der Waals surface area contributed by atoms with Crippen LogP contribution in [-0.2, 0) is 0 Å². The van der Waals surface area contributed by atoms with Gasteiger partial charge in [-0.15, -0.1) is 0 Å². The fraction of sp³-hybridized carbons (Fsp3) is 0.167. The molecule has 0 aliphatic rings. The highest BCUT2D eigenvalue weighted by Crippen LogP contribution is 2.24. The Morgan fingerprint density at radius 2 is 1.71 bits per heavy atom. The quantitative estimate of drug-likeness (QED) is 0.716. The molecule has 0 fully saturated rings. The van der Waals surface area contributed by atoms with Crippen molar-refractivity contribution in [3.8, 4) is 0 Å². The number of nitrogens with zero attached hydrogens (tertiary/aromatic N) is 1. The Kier molecular flexibility index (Phi) is 2.27. The van der Waals surface area contributed by atoms with Gasteiger partial charge in [-0.3, -0.25) is 0 Å². The fourth-order valence-electron chi connectivity index (χ4n) is 1.38. The molecule has 14 heavy (non-hydrogen) atoms. The van der Waals surface area contributed by atoms with Crippen molar-refractivity contribution in [2.24, 2.45) is 0 Å². The van der Waals surface area contributed by atoms with Crippen molar-refractivity contribution in [1.82, 2.24) is 0 Å². The monoisotopic (exact) mass is 187 g/mol. The maximum atomic E-state index is 5.53. The van der Waals surface area contributed by atoms with Crippen molar-refractivity contribution in [3.05, 3.63) is 48.2 Å². The highest BCUT2D eigenvalue weighted by molar-refractivity contribution is 5.57. The lowest BCUT2D eigenvalue weighted by Crippen LogP contribution is -2.07. The van der Waals surface area contributed by atoms with E-state index in [4.69, 9.17) is 4.42 Å². The summed E-state index contributed by atoms with van der Waals surface area (Å²) in [7, 11) is 1.99. The predicted octanol–water partition coefficient (Wildman–Crippen LogP) is 3.36. The zero-order valence-electron chi connectivity index (χ0n) is 8.40. The smallest absolute Gasteiger partial charge is 0.199 e. The molecule has 1 aromatic heterocycles. The fourth-order valence-corrected chi connectivity index (χ4v) is 1.38. The number of benzene rings is 1. The summed E-state index contributed by atoms with van der Waals surface area (Å²) in [6.45, 7) is 1.95. The minimum atomic E-state index is 0.869. The molecule has 0 saturated heterocycles. The van der Waals surface area contributed by atoms with E-state index in [9.17, 15) is 0 Å². The first-order chi connectivity index (χ1) is 6.77. The number of para-hydroxylation sites is 1. The Bertz CT molecular complexity index is 405. The molecule has 0 atom stereocenters. The lowest BCUT2D eigenvalue weighted by Gasteiger charge is -2.15. The van der Waals surface area contributed by atoms with E-state index in [1.54, 1.807) is 0 Å². The summed E-state index contributed by atoms with van der Waals surface area (Å²) in [6.07, 6.45) is 0. The normalized spacial score (nSPS) is 10.1. The van der Waals surface area contributed by atoms with Crippen LogP contribution < -0.4 is 4.90 Å². The average molecular weight is 187 g/mol. The number of furan rings is 1. The summed E-state index contributed by atoms with van der Waals surface area (Å²) in [5, 5.41) is 0. The number of hydrogen-bond acceptors (Lipinski definition) is 2. The summed E-state index contributed by atoms with van der Waals surface area (Å²) in [6, 6.07) is 14.1. The Morgan fingerprint density at radius 1 is 1.00 bits per heavy atom. The molecule has 0 bridgehead atoms. The summed E-state index contributed by atoms with van der Waals surface area (Å²) in [5.41, 5.74) is 1.13. The van der Waals surface area contributed by atoms with Gasteiger partial charge in [-0.1, -0.05) is 18.2 Å². The molecule has 0 amide bonds. The van der Waals surface area contributed by atoms with E-state index in [1.807, 2.05) is 49.2 Å². The molecular formula is C12H13NO. The summed E-state index contributed by atoms with van der Waals surface area (Å²) >= 11 is 0. The second-order valence-corrected chi connectivity index (χ2v) is 3.28. The summed E-state index contributed by atoms with van der Waals surface area (Å²) < 4.78 is 5.53. The van der Waals surface area contributed by atoms with Gasteiger partial charge in [0.05, 0.1) is 0 Å². The molecule has 0 spiro atoms. The number of hydrogen-bond donors (Lipinski definition) is 0. The first-order valence-corrected chi connectivity index (χ1v) is 4.62. The van der Waals surface area contributed by atoms with Crippen LogP contribution in [0.5, 0.6) is 0 Å². The first-order valence-electron chi connectivity index (χ1n) is 4.62. The van der Waals surface area contributed by atoms with Crippen molar-refractivity contribution in [2.75, 3.05) is 11.9 Å². The molecule has 1 heterocycles. The maximum absolute atomic E-state index is 5.53. The molecule has 1 aromatic carbocycles. The minimum Gasteiger partial charge on any atom is -0.446 e. The number of aryl methyl sites for hydroxylation is 1. The van der Waals surface area contributed by atoms with Gasteiger partial charge in [0.25, 0.3) is 0 Å². The van der Waals surface area contributed by atoms with Crippen LogP contribution in [0.2, 0.25) is 0 Å². The molecule has 2 aromatic rings. The van der Waals surface area contributed by atoms with Crippen molar-refractivity contribution in [1.29, 1.82) is 0 Å². The zero-order chi connectivity index (χ0) is 9.97. The zero-order valence-corrected chi connectivity index (χ0v) is 8.40. The van der Waals surface area contributed by atoms with Crippen molar-refractivity contribution in [2.45, 2.75) is 6.92 Å². The van der Waals surface area contributed by atoms with Crippen LogP contribution in [0.3, 0.4) is 0 Å². The van der Waals surface area contributed by atoms with Gasteiger partial charge in [-0.2, -0.15) is 0 Å². The van der Waals surface area contributed by atoms with Gasteiger partial charge >= 0.3 is 0 Å². The molecule has 2 rings (SSSR count). The van der Waals surface area contributed by atoms with Crippen LogP contribution in [0, 0.1) is 6.92 Å². The van der Waals surface area contributed by atoms with Gasteiger partial charge in [0.1, 0.15) is 5.76 Å². The van der Waals surface area contributed by atoms with Gasteiger partial charge in [0.2, 0.25) is 0 Å². The van der Waals surface area contributed by atoms with Crippen molar-refractivity contribution in [3.63, 3.8) is 0 Å². The Balaban J connectivity index is 2.29. The third-order valence-electron chi connectivity index (χ3n) is 2.20. The molecule has 0 aliphatic carbocycles. The molecule has 0 saturated carbocycles. The largest absolute Gasteiger partial charge is 0.446 e. The maximum Gasteiger partial charge on any atom is 0.199 e. The lowest BCUT2D eigenvalue weighted by atomic mass is 10.3. The van der Waals surface area contributed by atoms with Crippen LogP contribution in [0.25, 0.3) is 0 Å². The van der Waals surface area contributed by atoms with E-state index in [0.717, 1.165) is 17.3 Å². The highest BCUT2D eigenvalue weighted by atomic mass is 16.4. The molecule has 0 radical (unpaired) electrons. The number of rotatable bonds is 2. The van der Waals surface area contributed by atoms with Crippen molar-refractivity contribution < 1.29 is 4.42 Å². The molecule has 0 unspecified atom stereocenters. The van der Waals surface area contributed by atoms with Gasteiger partial charge in [0.15, 0.2) is 5.88 Å². The molecular weight excluding hydrogens is 174 g/mol. The minimum absolute atomic E-state index is 0.869. The summed E-state index contributed by atoms with van der Waals surface area (Å²) in [5.74, 6) is 1.80. The van der Waals surface area contributed by atoms with Crippen molar-refractivity contribution >= 4 is 11.6 Å². The third kappa shape index (κ3) is 1.64. The van der Waals surface area contributed by atoms with Gasteiger partial charge < -0.3 is 9.32 Å². The average Bonchev–Trinajstić information content (AvgIpc) is 2.65. The van der Waals surface area contributed by atoms with Crippen LogP contribution in [-0.4, -0.2) is 7.05 Å². The van der Waals surface area contributed by atoms with E-state index in [1.165, 1.54) is 0 Å². The molecule has 0 N–H and O–H groups in total. The van der Waals surface area contributed by atoms with Gasteiger partial charge in [-0.05, 0) is 25.1 Å². The van der Waals surface area contributed by atoms with E-state index >= 15 is 0 Å². The lowest BCUT2D eigenvalue weighted by molar-refractivity contribution is 0.538. The van der Waals surface area contributed by atoms with Crippen LogP contribution >= 0.6 is 0 Å². The molecule has 0 aliphatic heterocycles.